The van der Waals surface area contributed by atoms with Gasteiger partial charge in [0.2, 0.25) is 5.91 Å². The average Bonchev–Trinajstić information content (AvgIpc) is 3.18. The molecule has 1 N–H and O–H groups in total. The zero-order valence-corrected chi connectivity index (χ0v) is 21.5. The van der Waals surface area contributed by atoms with Gasteiger partial charge in [-0.15, -0.1) is 10.2 Å². The number of hydrogen-bond acceptors (Lipinski definition) is 5. The molecular formula is C24H29BrN4O2S. The van der Waals surface area contributed by atoms with E-state index in [0.29, 0.717) is 24.2 Å². The minimum atomic E-state index is -0.0754. The SMILES string of the molecule is CCn1c(COc2ccc(C(C)C)cc2)nnc1SCC(=O)Nc1ccc(Br)c(C)c1C. The van der Waals surface area contributed by atoms with Gasteiger partial charge in [0.25, 0.3) is 0 Å². The van der Waals surface area contributed by atoms with E-state index >= 15 is 0 Å². The Morgan fingerprint density at radius 1 is 1.12 bits per heavy atom. The number of anilines is 1. The Morgan fingerprint density at radius 2 is 1.84 bits per heavy atom. The van der Waals surface area contributed by atoms with E-state index < -0.39 is 0 Å². The summed E-state index contributed by atoms with van der Waals surface area (Å²) in [7, 11) is 0. The number of carbonyl (C=O) groups is 1. The topological polar surface area (TPSA) is 69.0 Å². The summed E-state index contributed by atoms with van der Waals surface area (Å²) in [6, 6.07) is 12.0. The third kappa shape index (κ3) is 5.92. The van der Waals surface area contributed by atoms with Crippen LogP contribution in [0.3, 0.4) is 0 Å². The molecule has 0 aliphatic heterocycles. The predicted molar refractivity (Wildman–Crippen MR) is 134 cm³/mol. The van der Waals surface area contributed by atoms with Crippen molar-refractivity contribution in [3.8, 4) is 5.75 Å². The number of benzene rings is 2. The van der Waals surface area contributed by atoms with E-state index in [-0.39, 0.29) is 11.7 Å². The number of nitrogens with zero attached hydrogens (tertiary/aromatic N) is 3. The second-order valence-electron chi connectivity index (χ2n) is 7.84. The first kappa shape index (κ1) is 24.3. The lowest BCUT2D eigenvalue weighted by Gasteiger charge is -2.12. The monoisotopic (exact) mass is 516 g/mol. The van der Waals surface area contributed by atoms with Crippen molar-refractivity contribution in [3.05, 3.63) is 63.4 Å². The van der Waals surface area contributed by atoms with Crippen LogP contribution in [0.25, 0.3) is 0 Å². The molecule has 170 valence electrons. The highest BCUT2D eigenvalue weighted by Crippen LogP contribution is 2.26. The zero-order valence-electron chi connectivity index (χ0n) is 19.1. The Balaban J connectivity index is 1.58. The van der Waals surface area contributed by atoms with Crippen LogP contribution in [0.4, 0.5) is 5.69 Å². The van der Waals surface area contributed by atoms with Crippen molar-refractivity contribution in [2.45, 2.75) is 58.8 Å². The number of carbonyl (C=O) groups excluding carboxylic acids is 1. The summed E-state index contributed by atoms with van der Waals surface area (Å²) < 4.78 is 8.92. The van der Waals surface area contributed by atoms with Gasteiger partial charge in [-0.2, -0.15) is 0 Å². The first-order valence-electron chi connectivity index (χ1n) is 10.6. The van der Waals surface area contributed by atoms with Gasteiger partial charge in [-0.3, -0.25) is 4.79 Å². The van der Waals surface area contributed by atoms with E-state index in [2.05, 4.69) is 57.4 Å². The molecule has 0 unspecified atom stereocenters. The molecule has 1 heterocycles. The van der Waals surface area contributed by atoms with Crippen molar-refractivity contribution in [2.24, 2.45) is 0 Å². The van der Waals surface area contributed by atoms with Crippen molar-refractivity contribution < 1.29 is 9.53 Å². The number of halogens is 1. The average molecular weight is 517 g/mol. The lowest BCUT2D eigenvalue weighted by Crippen LogP contribution is -2.16. The fourth-order valence-corrected chi connectivity index (χ4v) is 4.44. The summed E-state index contributed by atoms with van der Waals surface area (Å²) in [5, 5.41) is 12.2. The minimum Gasteiger partial charge on any atom is -0.486 e. The van der Waals surface area contributed by atoms with Crippen molar-refractivity contribution in [1.29, 1.82) is 0 Å². The van der Waals surface area contributed by atoms with Gasteiger partial charge in [-0.1, -0.05) is 53.7 Å². The van der Waals surface area contributed by atoms with Crippen LogP contribution in [0.2, 0.25) is 0 Å². The van der Waals surface area contributed by atoms with E-state index in [1.807, 2.05) is 49.6 Å². The molecule has 3 rings (SSSR count). The van der Waals surface area contributed by atoms with Crippen LogP contribution in [0.1, 0.15) is 49.2 Å². The van der Waals surface area contributed by atoms with Gasteiger partial charge in [0.15, 0.2) is 11.0 Å². The second kappa shape index (κ2) is 11.0. The van der Waals surface area contributed by atoms with Crippen molar-refractivity contribution in [1.82, 2.24) is 14.8 Å². The number of rotatable bonds is 9. The van der Waals surface area contributed by atoms with Gasteiger partial charge in [-0.05, 0) is 67.6 Å². The third-order valence-corrected chi connectivity index (χ3v) is 7.18. The number of nitrogens with one attached hydrogen (secondary N) is 1. The number of aromatic nitrogens is 3. The first-order valence-corrected chi connectivity index (χ1v) is 12.4. The summed E-state index contributed by atoms with van der Waals surface area (Å²) in [5.41, 5.74) is 4.27. The molecule has 0 fully saturated rings. The Morgan fingerprint density at radius 3 is 2.50 bits per heavy atom. The molecule has 0 bridgehead atoms. The summed E-state index contributed by atoms with van der Waals surface area (Å²) in [6.45, 7) is 11.4. The maximum absolute atomic E-state index is 12.5. The van der Waals surface area contributed by atoms with Crippen molar-refractivity contribution in [2.75, 3.05) is 11.1 Å². The van der Waals surface area contributed by atoms with Crippen molar-refractivity contribution >= 4 is 39.3 Å². The Kier molecular flexibility index (Phi) is 8.37. The molecular weight excluding hydrogens is 488 g/mol. The smallest absolute Gasteiger partial charge is 0.234 e. The van der Waals surface area contributed by atoms with E-state index in [1.54, 1.807) is 0 Å². The highest BCUT2D eigenvalue weighted by molar-refractivity contribution is 9.10. The summed E-state index contributed by atoms with van der Waals surface area (Å²) >= 11 is 4.89. The molecule has 0 aliphatic carbocycles. The van der Waals surface area contributed by atoms with Crippen LogP contribution >= 0.6 is 27.7 Å². The van der Waals surface area contributed by atoms with Crippen LogP contribution in [0.5, 0.6) is 5.75 Å². The zero-order chi connectivity index (χ0) is 23.3. The van der Waals surface area contributed by atoms with Gasteiger partial charge in [0.05, 0.1) is 5.75 Å². The number of thioether (sulfide) groups is 1. The van der Waals surface area contributed by atoms with Crippen LogP contribution in [-0.4, -0.2) is 26.4 Å². The molecule has 1 aromatic heterocycles. The van der Waals surface area contributed by atoms with Crippen molar-refractivity contribution in [3.63, 3.8) is 0 Å². The molecule has 0 saturated heterocycles. The maximum Gasteiger partial charge on any atom is 0.234 e. The van der Waals surface area contributed by atoms with Gasteiger partial charge in [0, 0.05) is 16.7 Å². The normalized spacial score (nSPS) is 11.1. The van der Waals surface area contributed by atoms with Gasteiger partial charge < -0.3 is 14.6 Å². The minimum absolute atomic E-state index is 0.0754. The highest BCUT2D eigenvalue weighted by Gasteiger charge is 2.15. The van der Waals surface area contributed by atoms with Gasteiger partial charge >= 0.3 is 0 Å². The Hall–Kier alpha value is -2.32. The van der Waals surface area contributed by atoms with E-state index in [1.165, 1.54) is 17.3 Å². The Labute approximate surface area is 202 Å². The molecule has 6 nitrogen and oxygen atoms in total. The second-order valence-corrected chi connectivity index (χ2v) is 9.63. The molecule has 1 amide bonds. The Bertz CT molecular complexity index is 1080. The molecule has 0 radical (unpaired) electrons. The molecule has 0 saturated carbocycles. The molecule has 0 spiro atoms. The summed E-state index contributed by atoms with van der Waals surface area (Å²) in [6.07, 6.45) is 0. The summed E-state index contributed by atoms with van der Waals surface area (Å²) in [4.78, 5) is 12.5. The summed E-state index contributed by atoms with van der Waals surface area (Å²) in [5.74, 6) is 2.20. The maximum atomic E-state index is 12.5. The predicted octanol–water partition coefficient (Wildman–Crippen LogP) is 6.11. The molecule has 2 aromatic carbocycles. The van der Waals surface area contributed by atoms with Crippen LogP contribution in [0, 0.1) is 13.8 Å². The van der Waals surface area contributed by atoms with Gasteiger partial charge in [0.1, 0.15) is 12.4 Å². The molecule has 32 heavy (non-hydrogen) atoms. The first-order chi connectivity index (χ1) is 15.3. The van der Waals surface area contributed by atoms with E-state index in [4.69, 9.17) is 4.74 Å². The molecule has 3 aromatic rings. The fourth-order valence-electron chi connectivity index (χ4n) is 3.19. The molecule has 8 heteroatoms. The fraction of sp³-hybridized carbons (Fsp3) is 0.375. The van der Waals surface area contributed by atoms with Crippen LogP contribution in [-0.2, 0) is 17.9 Å². The standard InChI is InChI=1S/C24H29BrN4O2S/c1-6-29-22(13-31-19-9-7-18(8-10-19)15(2)3)27-28-24(29)32-14-23(30)26-21-12-11-20(25)16(4)17(21)5/h7-12,15H,6,13-14H2,1-5H3,(H,26,30). The lowest BCUT2D eigenvalue weighted by atomic mass is 10.0. The largest absolute Gasteiger partial charge is 0.486 e. The van der Waals surface area contributed by atoms with E-state index in [9.17, 15) is 4.79 Å². The number of amides is 1. The molecule has 0 atom stereocenters. The highest BCUT2D eigenvalue weighted by atomic mass is 79.9. The van der Waals surface area contributed by atoms with Crippen LogP contribution in [0.15, 0.2) is 46.0 Å². The van der Waals surface area contributed by atoms with E-state index in [0.717, 1.165) is 32.9 Å². The quantitative estimate of drug-likeness (QED) is 0.347. The number of ether oxygens (including phenoxy) is 1. The third-order valence-electron chi connectivity index (χ3n) is 5.35. The van der Waals surface area contributed by atoms with Gasteiger partial charge in [-0.25, -0.2) is 0 Å². The number of hydrogen-bond donors (Lipinski definition) is 1. The van der Waals surface area contributed by atoms with Crippen LogP contribution < -0.4 is 10.1 Å². The lowest BCUT2D eigenvalue weighted by molar-refractivity contribution is -0.113. The molecule has 0 aliphatic rings.